The van der Waals surface area contributed by atoms with Gasteiger partial charge in [0.2, 0.25) is 11.8 Å². The molecule has 0 radical (unpaired) electrons. The number of piperazine rings is 1. The van der Waals surface area contributed by atoms with Crippen molar-refractivity contribution in [2.75, 3.05) is 71.3 Å². The topological polar surface area (TPSA) is 95.2 Å². The molecule has 0 aliphatic carbocycles. The van der Waals surface area contributed by atoms with Gasteiger partial charge in [0, 0.05) is 94.8 Å². The van der Waals surface area contributed by atoms with Crippen molar-refractivity contribution in [1.82, 2.24) is 29.5 Å². The summed E-state index contributed by atoms with van der Waals surface area (Å²) in [5, 5.41) is 4.23. The first kappa shape index (κ1) is 32.6. The number of aromatic amines is 1. The van der Waals surface area contributed by atoms with Gasteiger partial charge in [-0.15, -0.1) is 0 Å². The number of urea groups is 1. The van der Waals surface area contributed by atoms with Crippen LogP contribution in [-0.4, -0.2) is 125 Å². The molecule has 3 fully saturated rings. The molecule has 2 N–H and O–H groups in total. The summed E-state index contributed by atoms with van der Waals surface area (Å²) < 4.78 is 0. The van der Waals surface area contributed by atoms with Gasteiger partial charge in [0.1, 0.15) is 0 Å². The fraction of sp³-hybridized carbons (Fsp3) is 0.553. The summed E-state index contributed by atoms with van der Waals surface area (Å²) in [6.07, 6.45) is 7.02. The Morgan fingerprint density at radius 3 is 2.33 bits per heavy atom. The molecule has 1 atom stereocenters. The Morgan fingerprint density at radius 1 is 0.854 bits per heavy atom. The molecule has 2 aromatic carbocycles. The summed E-state index contributed by atoms with van der Waals surface area (Å²) in [7, 11) is 2.19. The van der Waals surface area contributed by atoms with Gasteiger partial charge in [0.05, 0.1) is 5.92 Å². The number of nitrogens with zero attached hydrogens (tertiary/aromatic N) is 5. The predicted molar refractivity (Wildman–Crippen MR) is 189 cm³/mol. The molecule has 1 unspecified atom stereocenters. The van der Waals surface area contributed by atoms with Crippen molar-refractivity contribution in [1.29, 1.82) is 0 Å². The van der Waals surface area contributed by atoms with Gasteiger partial charge in [-0.1, -0.05) is 24.3 Å². The molecule has 48 heavy (non-hydrogen) atoms. The number of para-hydroxylation sites is 1. The molecule has 3 saturated heterocycles. The molecule has 5 heterocycles. The van der Waals surface area contributed by atoms with Crippen LogP contribution in [0.25, 0.3) is 10.9 Å². The van der Waals surface area contributed by atoms with Crippen LogP contribution >= 0.6 is 0 Å². The van der Waals surface area contributed by atoms with E-state index in [2.05, 4.69) is 58.3 Å². The molecule has 0 spiro atoms. The molecule has 4 aliphatic heterocycles. The highest BCUT2D eigenvalue weighted by Gasteiger charge is 2.35. The van der Waals surface area contributed by atoms with Crippen molar-refractivity contribution in [3.05, 3.63) is 65.4 Å². The van der Waals surface area contributed by atoms with Gasteiger partial charge >= 0.3 is 6.03 Å². The minimum Gasteiger partial charge on any atom is -0.361 e. The van der Waals surface area contributed by atoms with Crippen molar-refractivity contribution in [2.24, 2.45) is 5.92 Å². The Kier molecular flexibility index (Phi) is 9.73. The largest absolute Gasteiger partial charge is 0.361 e. The fourth-order valence-electron chi connectivity index (χ4n) is 8.49. The van der Waals surface area contributed by atoms with Gasteiger partial charge < -0.3 is 29.9 Å². The number of hydrogen-bond acceptors (Lipinski definition) is 5. The minimum absolute atomic E-state index is 0.0475. The Balaban J connectivity index is 0.996. The van der Waals surface area contributed by atoms with Gasteiger partial charge in [-0.3, -0.25) is 14.5 Å². The zero-order valence-corrected chi connectivity index (χ0v) is 28.6. The number of aromatic nitrogens is 1. The van der Waals surface area contributed by atoms with Crippen LogP contribution in [0.2, 0.25) is 0 Å². The standard InChI is InChI=1S/C38H51N7O3/c1-27-23-28(24-30-7-13-39-36(27)30)25-31(37(47)44-16-9-32(10-17-44)42-21-19-41(2)20-22-42)26-35(46)43-14-11-33(12-15-43)45-18-8-29-5-3-4-6-34(29)40-38(45)48/h3-7,13,23-24,31-33,39H,8-12,14-22,25-26H2,1-2H3,(H,40,48). The third-order valence-electron chi connectivity index (χ3n) is 11.4. The van der Waals surface area contributed by atoms with Gasteiger partial charge in [-0.05, 0) is 92.8 Å². The lowest BCUT2D eigenvalue weighted by Gasteiger charge is -2.42. The first-order chi connectivity index (χ1) is 23.3. The maximum atomic E-state index is 14.2. The van der Waals surface area contributed by atoms with Crippen molar-refractivity contribution in [3.8, 4) is 0 Å². The second kappa shape index (κ2) is 14.3. The first-order valence-electron chi connectivity index (χ1n) is 18.0. The second-order valence-electron chi connectivity index (χ2n) is 14.5. The number of amides is 4. The maximum Gasteiger partial charge on any atom is 0.322 e. The Bertz CT molecular complexity index is 1610. The Morgan fingerprint density at radius 2 is 1.56 bits per heavy atom. The molecular formula is C38H51N7O3. The zero-order chi connectivity index (χ0) is 33.2. The lowest BCUT2D eigenvalue weighted by molar-refractivity contribution is -0.143. The lowest BCUT2D eigenvalue weighted by Crippen LogP contribution is -2.53. The summed E-state index contributed by atoms with van der Waals surface area (Å²) in [6, 6.07) is 15.0. The van der Waals surface area contributed by atoms with Gasteiger partial charge in [-0.25, -0.2) is 4.79 Å². The number of hydrogen-bond donors (Lipinski definition) is 2. The summed E-state index contributed by atoms with van der Waals surface area (Å²) in [6.45, 7) is 9.89. The van der Waals surface area contributed by atoms with E-state index < -0.39 is 5.92 Å². The summed E-state index contributed by atoms with van der Waals surface area (Å²) in [4.78, 5) is 55.5. The van der Waals surface area contributed by atoms with Gasteiger partial charge in [-0.2, -0.15) is 0 Å². The quantitative estimate of drug-likeness (QED) is 0.396. The van der Waals surface area contributed by atoms with Crippen LogP contribution in [0.15, 0.2) is 48.7 Å². The zero-order valence-electron chi connectivity index (χ0n) is 28.6. The number of H-pyrrole nitrogens is 1. The number of aryl methyl sites for hydroxylation is 1. The fourth-order valence-corrected chi connectivity index (χ4v) is 8.49. The van der Waals surface area contributed by atoms with E-state index in [9.17, 15) is 14.4 Å². The first-order valence-corrected chi connectivity index (χ1v) is 18.0. The molecular weight excluding hydrogens is 602 g/mol. The number of likely N-dealkylation sites (tertiary alicyclic amines) is 2. The van der Waals surface area contributed by atoms with E-state index in [1.807, 2.05) is 39.1 Å². The van der Waals surface area contributed by atoms with Crippen LogP contribution < -0.4 is 5.32 Å². The number of rotatable bonds is 7. The molecule has 10 heteroatoms. The van der Waals surface area contributed by atoms with Gasteiger partial charge in [0.15, 0.2) is 0 Å². The third-order valence-corrected chi connectivity index (χ3v) is 11.4. The monoisotopic (exact) mass is 653 g/mol. The average Bonchev–Trinajstić information content (AvgIpc) is 3.52. The van der Waals surface area contributed by atoms with E-state index in [-0.39, 0.29) is 30.3 Å². The SMILES string of the molecule is Cc1cc(CC(CC(=O)N2CCC(N3CCc4ccccc4NC3=O)CC2)C(=O)N2CCC(N3CCN(C)CC3)CC2)cc2cc[nH]c12. The smallest absolute Gasteiger partial charge is 0.322 e. The number of likely N-dealkylation sites (N-methyl/N-ethyl adjacent to an activating group) is 1. The minimum atomic E-state index is -0.402. The lowest BCUT2D eigenvalue weighted by atomic mass is 9.91. The highest BCUT2D eigenvalue weighted by Crippen LogP contribution is 2.28. The normalized spacial score (nSPS) is 21.2. The summed E-state index contributed by atoms with van der Waals surface area (Å²) in [5.41, 5.74) is 5.42. The highest BCUT2D eigenvalue weighted by molar-refractivity contribution is 5.91. The maximum absolute atomic E-state index is 14.2. The Hall–Kier alpha value is -3.89. The molecule has 256 valence electrons. The number of anilines is 1. The van der Waals surface area contributed by atoms with Crippen LogP contribution in [0, 0.1) is 12.8 Å². The van der Waals surface area contributed by atoms with E-state index in [0.29, 0.717) is 32.1 Å². The van der Waals surface area contributed by atoms with Crippen LogP contribution in [0.5, 0.6) is 0 Å². The average molecular weight is 654 g/mol. The number of carbonyl (C=O) groups excluding carboxylic acids is 3. The van der Waals surface area contributed by atoms with E-state index in [1.54, 1.807) is 0 Å². The number of benzene rings is 2. The molecule has 7 rings (SSSR count). The Labute approximate surface area is 284 Å². The van der Waals surface area contributed by atoms with E-state index >= 15 is 0 Å². The molecule has 1 aromatic heterocycles. The van der Waals surface area contributed by atoms with Crippen LogP contribution in [-0.2, 0) is 22.4 Å². The van der Waals surface area contributed by atoms with Crippen LogP contribution in [0.4, 0.5) is 10.5 Å². The molecule has 0 saturated carbocycles. The predicted octanol–water partition coefficient (Wildman–Crippen LogP) is 4.34. The number of carbonyl (C=O) groups is 3. The molecule has 0 bridgehead atoms. The van der Waals surface area contributed by atoms with Crippen LogP contribution in [0.1, 0.15) is 48.8 Å². The number of fused-ring (bicyclic) bond motifs is 2. The van der Waals surface area contributed by atoms with Crippen molar-refractivity contribution in [2.45, 2.75) is 64.0 Å². The van der Waals surface area contributed by atoms with Crippen molar-refractivity contribution < 1.29 is 14.4 Å². The molecule has 4 amide bonds. The van der Waals surface area contributed by atoms with Crippen molar-refractivity contribution in [3.63, 3.8) is 0 Å². The van der Waals surface area contributed by atoms with E-state index in [4.69, 9.17) is 0 Å². The van der Waals surface area contributed by atoms with Crippen LogP contribution in [0.3, 0.4) is 0 Å². The third kappa shape index (κ3) is 7.10. The molecule has 4 aliphatic rings. The highest BCUT2D eigenvalue weighted by atomic mass is 16.2. The number of piperidine rings is 2. The van der Waals surface area contributed by atoms with Gasteiger partial charge in [0.25, 0.3) is 0 Å². The second-order valence-corrected chi connectivity index (χ2v) is 14.5. The van der Waals surface area contributed by atoms with Crippen molar-refractivity contribution >= 4 is 34.4 Å². The van der Waals surface area contributed by atoms with E-state index in [0.717, 1.165) is 105 Å². The molecule has 10 nitrogen and oxygen atoms in total. The summed E-state index contributed by atoms with van der Waals surface area (Å²) >= 11 is 0. The molecule has 3 aromatic rings. The summed E-state index contributed by atoms with van der Waals surface area (Å²) in [5.74, 6) is -0.241. The van der Waals surface area contributed by atoms with E-state index in [1.165, 1.54) is 0 Å². The number of nitrogens with one attached hydrogen (secondary N) is 2.